The van der Waals surface area contributed by atoms with Gasteiger partial charge >= 0.3 is 0 Å². The summed E-state index contributed by atoms with van der Waals surface area (Å²) in [6.45, 7) is 2.97. The van der Waals surface area contributed by atoms with Gasteiger partial charge in [-0.25, -0.2) is 4.68 Å². The van der Waals surface area contributed by atoms with E-state index in [0.29, 0.717) is 0 Å². The molecular weight excluding hydrogens is 350 g/mol. The van der Waals surface area contributed by atoms with Crippen molar-refractivity contribution in [2.75, 3.05) is 24.6 Å². The summed E-state index contributed by atoms with van der Waals surface area (Å²) >= 11 is 3.81. The van der Waals surface area contributed by atoms with Gasteiger partial charge in [0.1, 0.15) is 6.04 Å². The van der Waals surface area contributed by atoms with Crippen LogP contribution in [0.15, 0.2) is 47.8 Å². The average molecular weight is 372 g/mol. The van der Waals surface area contributed by atoms with E-state index in [-0.39, 0.29) is 6.04 Å². The van der Waals surface area contributed by atoms with Crippen molar-refractivity contribution >= 4 is 23.1 Å². The molecule has 3 heterocycles. The molecular formula is C18H21N5S2. The number of aromatic nitrogens is 4. The third kappa shape index (κ3) is 3.94. The van der Waals surface area contributed by atoms with Crippen LogP contribution in [0.5, 0.6) is 0 Å². The third-order valence-electron chi connectivity index (χ3n) is 4.48. The first-order chi connectivity index (χ1) is 12.4. The number of hydrogen-bond donors (Lipinski definition) is 0. The van der Waals surface area contributed by atoms with Gasteiger partial charge in [0.05, 0.1) is 0 Å². The number of nitrogens with zero attached hydrogens (tertiary/aromatic N) is 5. The smallest absolute Gasteiger partial charge is 0.173 e. The normalized spacial score (nSPS) is 16.8. The van der Waals surface area contributed by atoms with Crippen molar-refractivity contribution in [3.63, 3.8) is 0 Å². The van der Waals surface area contributed by atoms with Crippen LogP contribution in [0.3, 0.4) is 0 Å². The summed E-state index contributed by atoms with van der Waals surface area (Å²) in [7, 11) is 0. The van der Waals surface area contributed by atoms with Crippen molar-refractivity contribution < 1.29 is 0 Å². The summed E-state index contributed by atoms with van der Waals surface area (Å²) in [5.41, 5.74) is 1.31. The fourth-order valence-corrected chi connectivity index (χ4v) is 4.99. The number of benzene rings is 1. The van der Waals surface area contributed by atoms with Crippen LogP contribution in [0.1, 0.15) is 22.3 Å². The Hall–Kier alpha value is -1.70. The maximum atomic E-state index is 4.42. The first kappa shape index (κ1) is 16.8. The van der Waals surface area contributed by atoms with E-state index in [0.717, 1.165) is 31.9 Å². The molecule has 130 valence electrons. The Labute approximate surface area is 156 Å². The molecule has 0 spiro atoms. The molecule has 0 N–H and O–H groups in total. The monoisotopic (exact) mass is 371 g/mol. The number of tetrazole rings is 1. The van der Waals surface area contributed by atoms with E-state index in [4.69, 9.17) is 0 Å². The molecule has 4 rings (SSSR count). The predicted molar refractivity (Wildman–Crippen MR) is 103 cm³/mol. The van der Waals surface area contributed by atoms with Crippen LogP contribution in [0.4, 0.5) is 0 Å². The number of rotatable bonds is 6. The largest absolute Gasteiger partial charge is 0.287 e. The van der Waals surface area contributed by atoms with E-state index in [1.54, 1.807) is 11.3 Å². The Kier molecular flexibility index (Phi) is 5.44. The standard InChI is InChI=1S/C18H21N5S2/c1-2-5-15(6-3-1)8-9-23-18(19-20-21-23)17(16-7-4-12-25-16)22-10-13-24-14-11-22/h1-7,12,17H,8-11,13-14H2/t17-/m0/s1. The van der Waals surface area contributed by atoms with Gasteiger partial charge < -0.3 is 0 Å². The SMILES string of the molecule is c1ccc(CCn2nnnc2[C@H](c2cccs2)N2CCSCC2)cc1. The summed E-state index contributed by atoms with van der Waals surface area (Å²) in [5, 5.41) is 14.8. The van der Waals surface area contributed by atoms with Crippen LogP contribution in [0, 0.1) is 0 Å². The van der Waals surface area contributed by atoms with Gasteiger partial charge in [0.15, 0.2) is 5.82 Å². The minimum atomic E-state index is 0.159. The van der Waals surface area contributed by atoms with Crippen molar-refractivity contribution in [2.24, 2.45) is 0 Å². The molecule has 7 heteroatoms. The lowest BCUT2D eigenvalue weighted by atomic mass is 10.1. The molecule has 0 aliphatic carbocycles. The summed E-state index contributed by atoms with van der Waals surface area (Å²) in [4.78, 5) is 3.84. The Morgan fingerprint density at radius 2 is 1.88 bits per heavy atom. The Bertz CT molecular complexity index is 766. The number of thioether (sulfide) groups is 1. The second-order valence-electron chi connectivity index (χ2n) is 6.06. The zero-order chi connectivity index (χ0) is 16.9. The molecule has 0 unspecified atom stereocenters. The molecule has 2 aromatic heterocycles. The van der Waals surface area contributed by atoms with Gasteiger partial charge in [0.25, 0.3) is 0 Å². The Balaban J connectivity index is 1.58. The van der Waals surface area contributed by atoms with Crippen molar-refractivity contribution in [1.82, 2.24) is 25.1 Å². The third-order valence-corrected chi connectivity index (χ3v) is 6.35. The van der Waals surface area contributed by atoms with Crippen molar-refractivity contribution in [3.05, 3.63) is 64.1 Å². The average Bonchev–Trinajstić information content (AvgIpc) is 3.35. The van der Waals surface area contributed by atoms with Crippen LogP contribution in [0.25, 0.3) is 0 Å². The van der Waals surface area contributed by atoms with E-state index in [9.17, 15) is 0 Å². The highest BCUT2D eigenvalue weighted by Crippen LogP contribution is 2.32. The minimum absolute atomic E-state index is 0.159. The maximum Gasteiger partial charge on any atom is 0.173 e. The first-order valence-corrected chi connectivity index (χ1v) is 10.6. The van der Waals surface area contributed by atoms with Gasteiger partial charge in [-0.3, -0.25) is 4.90 Å². The molecule has 25 heavy (non-hydrogen) atoms. The molecule has 1 fully saturated rings. The molecule has 1 aliphatic rings. The van der Waals surface area contributed by atoms with Gasteiger partial charge in [-0.2, -0.15) is 11.8 Å². The Morgan fingerprint density at radius 3 is 2.64 bits per heavy atom. The molecule has 1 aliphatic heterocycles. The molecule has 1 aromatic carbocycles. The van der Waals surface area contributed by atoms with Crippen LogP contribution >= 0.6 is 23.1 Å². The zero-order valence-corrected chi connectivity index (χ0v) is 15.6. The number of hydrogen-bond acceptors (Lipinski definition) is 6. The molecule has 0 radical (unpaired) electrons. The fraction of sp³-hybridized carbons (Fsp3) is 0.389. The molecule has 5 nitrogen and oxygen atoms in total. The number of thiophene rings is 1. The Morgan fingerprint density at radius 1 is 1.04 bits per heavy atom. The van der Waals surface area contributed by atoms with E-state index >= 15 is 0 Å². The van der Waals surface area contributed by atoms with Crippen molar-refractivity contribution in [3.8, 4) is 0 Å². The predicted octanol–water partition coefficient (Wildman–Crippen LogP) is 3.12. The van der Waals surface area contributed by atoms with Crippen LogP contribution < -0.4 is 0 Å². The number of aryl methyl sites for hydroxylation is 2. The van der Waals surface area contributed by atoms with Crippen LogP contribution in [-0.4, -0.2) is 49.7 Å². The molecule has 0 saturated carbocycles. The lowest BCUT2D eigenvalue weighted by molar-refractivity contribution is 0.237. The molecule has 1 saturated heterocycles. The van der Waals surface area contributed by atoms with Gasteiger partial charge in [-0.1, -0.05) is 36.4 Å². The van der Waals surface area contributed by atoms with E-state index in [1.807, 2.05) is 22.5 Å². The summed E-state index contributed by atoms with van der Waals surface area (Å²) in [6, 6.07) is 15.0. The van der Waals surface area contributed by atoms with E-state index < -0.39 is 0 Å². The highest BCUT2D eigenvalue weighted by atomic mass is 32.2. The lowest BCUT2D eigenvalue weighted by Crippen LogP contribution is -2.37. The highest BCUT2D eigenvalue weighted by Gasteiger charge is 2.29. The molecule has 0 bridgehead atoms. The first-order valence-electron chi connectivity index (χ1n) is 8.57. The van der Waals surface area contributed by atoms with Gasteiger partial charge in [0, 0.05) is 36.0 Å². The molecule has 1 atom stereocenters. The highest BCUT2D eigenvalue weighted by molar-refractivity contribution is 7.99. The summed E-state index contributed by atoms with van der Waals surface area (Å²) < 4.78 is 1.99. The van der Waals surface area contributed by atoms with Gasteiger partial charge in [-0.05, 0) is 33.9 Å². The lowest BCUT2D eigenvalue weighted by Gasteiger charge is -2.32. The fourth-order valence-electron chi connectivity index (χ4n) is 3.20. The van der Waals surface area contributed by atoms with E-state index in [2.05, 4.69) is 62.2 Å². The molecule has 3 aromatic rings. The van der Waals surface area contributed by atoms with Crippen molar-refractivity contribution in [1.29, 1.82) is 0 Å². The zero-order valence-electron chi connectivity index (χ0n) is 14.0. The second-order valence-corrected chi connectivity index (χ2v) is 8.27. The quantitative estimate of drug-likeness (QED) is 0.666. The molecule has 0 amide bonds. The summed E-state index contributed by atoms with van der Waals surface area (Å²) in [5.74, 6) is 3.31. The van der Waals surface area contributed by atoms with Crippen LogP contribution in [0.2, 0.25) is 0 Å². The minimum Gasteiger partial charge on any atom is -0.287 e. The van der Waals surface area contributed by atoms with Crippen LogP contribution in [-0.2, 0) is 13.0 Å². The van der Waals surface area contributed by atoms with Crippen molar-refractivity contribution in [2.45, 2.75) is 19.0 Å². The van der Waals surface area contributed by atoms with E-state index in [1.165, 1.54) is 21.9 Å². The second kappa shape index (κ2) is 8.12. The topological polar surface area (TPSA) is 46.8 Å². The maximum absolute atomic E-state index is 4.42. The summed E-state index contributed by atoms with van der Waals surface area (Å²) in [6.07, 6.45) is 0.936. The van der Waals surface area contributed by atoms with Gasteiger partial charge in [-0.15, -0.1) is 16.4 Å². The van der Waals surface area contributed by atoms with Gasteiger partial charge in [0.2, 0.25) is 0 Å².